The molecule has 0 radical (unpaired) electrons. The first kappa shape index (κ1) is 30.9. The lowest BCUT2D eigenvalue weighted by atomic mass is 9.94. The predicted molar refractivity (Wildman–Crippen MR) is 137 cm³/mol. The number of esters is 1. The van der Waals surface area contributed by atoms with Gasteiger partial charge in [0.1, 0.15) is 23.8 Å². The highest BCUT2D eigenvalue weighted by Crippen LogP contribution is 2.31. The largest absolute Gasteiger partial charge is 0.494 e. The number of nitrogens with zero attached hydrogens (tertiary/aromatic N) is 1. The Hall–Kier alpha value is -3.67. The van der Waals surface area contributed by atoms with Gasteiger partial charge in [-0.1, -0.05) is 0 Å². The van der Waals surface area contributed by atoms with Gasteiger partial charge in [-0.3, -0.25) is 9.59 Å². The van der Waals surface area contributed by atoms with E-state index >= 15 is 0 Å². The summed E-state index contributed by atoms with van der Waals surface area (Å²) in [6.07, 6.45) is -4.56. The molecule has 1 aliphatic rings. The number of halogens is 4. The number of nitrogens with one attached hydrogen (secondary N) is 1. The van der Waals surface area contributed by atoms with E-state index in [4.69, 9.17) is 19.3 Å². The highest BCUT2D eigenvalue weighted by molar-refractivity contribution is 6.00. The van der Waals surface area contributed by atoms with Crippen molar-refractivity contribution in [1.29, 1.82) is 0 Å². The van der Waals surface area contributed by atoms with Crippen molar-refractivity contribution in [3.63, 3.8) is 0 Å². The van der Waals surface area contributed by atoms with Crippen LogP contribution in [0, 0.1) is 5.82 Å². The second-order valence-electron chi connectivity index (χ2n) is 10.3. The number of ether oxygens (including phenoxy) is 3. The Morgan fingerprint density at radius 1 is 1.12 bits per heavy atom. The second kappa shape index (κ2) is 12.7. The monoisotopic (exact) mass is 568 g/mol. The Kier molecular flexibility index (Phi) is 9.78. The minimum Gasteiger partial charge on any atom is -0.494 e. The number of amides is 1. The standard InChI is InChI=1S/C28H32F4N2O6/c1-26(2,3)40-23(36)9-10-27(25(37)33-16-18-13-20(28(30,31)32)15-21(29)14-18)17-39-24(34-27)19-5-7-22(8-6-19)38-12-4-11-35/h5-8,13-15,35H,4,9-12,16-17H2,1-3H3,(H,33,37)/t27-/m1/s1. The Morgan fingerprint density at radius 2 is 1.82 bits per heavy atom. The zero-order valence-corrected chi connectivity index (χ0v) is 22.4. The normalized spacial score (nSPS) is 17.1. The number of alkyl halides is 3. The SMILES string of the molecule is CC(C)(C)OC(=O)CC[C@]1(C(=O)NCc2cc(F)cc(C(F)(F)F)c2)COC(c2ccc(OCCCO)cc2)=N1. The molecule has 0 spiro atoms. The lowest BCUT2D eigenvalue weighted by molar-refractivity contribution is -0.155. The maximum Gasteiger partial charge on any atom is 0.416 e. The van der Waals surface area contributed by atoms with Crippen molar-refractivity contribution >= 4 is 17.8 Å². The topological polar surface area (TPSA) is 106 Å². The van der Waals surface area contributed by atoms with E-state index < -0.39 is 47.1 Å². The fourth-order valence-electron chi connectivity index (χ4n) is 3.87. The summed E-state index contributed by atoms with van der Waals surface area (Å²) in [4.78, 5) is 30.3. The molecule has 0 unspecified atom stereocenters. The number of benzene rings is 2. The van der Waals surface area contributed by atoms with Crippen LogP contribution in [0.4, 0.5) is 17.6 Å². The van der Waals surface area contributed by atoms with Crippen molar-refractivity contribution in [1.82, 2.24) is 5.32 Å². The molecule has 218 valence electrons. The fraction of sp³-hybridized carbons (Fsp3) is 0.464. The van der Waals surface area contributed by atoms with Gasteiger partial charge in [-0.2, -0.15) is 13.2 Å². The number of aliphatic imine (C=N–C) groups is 1. The predicted octanol–water partition coefficient (Wildman–Crippen LogP) is 4.56. The molecule has 1 amide bonds. The number of carbonyl (C=O) groups is 2. The fourth-order valence-corrected chi connectivity index (χ4v) is 3.87. The molecule has 0 saturated carbocycles. The minimum absolute atomic E-state index is 0.00111. The Bertz CT molecular complexity index is 1220. The highest BCUT2D eigenvalue weighted by atomic mass is 19.4. The van der Waals surface area contributed by atoms with Crippen LogP contribution in [-0.4, -0.2) is 53.8 Å². The van der Waals surface area contributed by atoms with Gasteiger partial charge in [-0.15, -0.1) is 0 Å². The van der Waals surface area contributed by atoms with Gasteiger partial charge in [0, 0.05) is 31.6 Å². The maximum absolute atomic E-state index is 13.8. The first-order valence-corrected chi connectivity index (χ1v) is 12.6. The van der Waals surface area contributed by atoms with Crippen molar-refractivity contribution < 1.29 is 46.5 Å². The molecule has 0 fully saturated rings. The molecular formula is C28H32F4N2O6. The third-order valence-corrected chi connectivity index (χ3v) is 5.76. The van der Waals surface area contributed by atoms with E-state index in [0.717, 1.165) is 12.1 Å². The van der Waals surface area contributed by atoms with Crippen LogP contribution in [0.25, 0.3) is 0 Å². The zero-order chi connectivity index (χ0) is 29.6. The van der Waals surface area contributed by atoms with Gasteiger partial charge >= 0.3 is 12.1 Å². The summed E-state index contributed by atoms with van der Waals surface area (Å²) in [6, 6.07) is 8.69. The van der Waals surface area contributed by atoms with Gasteiger partial charge in [0.05, 0.1) is 12.2 Å². The third kappa shape index (κ3) is 8.67. The van der Waals surface area contributed by atoms with E-state index in [9.17, 15) is 27.2 Å². The molecule has 1 atom stereocenters. The van der Waals surface area contributed by atoms with Crippen LogP contribution in [0.1, 0.15) is 56.7 Å². The van der Waals surface area contributed by atoms with Gasteiger partial charge in [-0.05, 0) is 75.2 Å². The molecule has 40 heavy (non-hydrogen) atoms. The van der Waals surface area contributed by atoms with Crippen molar-refractivity contribution in [3.8, 4) is 5.75 Å². The van der Waals surface area contributed by atoms with E-state index in [1.54, 1.807) is 45.0 Å². The van der Waals surface area contributed by atoms with Crippen LogP contribution in [0.15, 0.2) is 47.5 Å². The summed E-state index contributed by atoms with van der Waals surface area (Å²) < 4.78 is 69.7. The minimum atomic E-state index is -4.76. The van der Waals surface area contributed by atoms with E-state index in [0.29, 0.717) is 30.4 Å². The molecule has 1 aliphatic heterocycles. The summed E-state index contributed by atoms with van der Waals surface area (Å²) in [7, 11) is 0. The molecule has 0 saturated heterocycles. The molecule has 12 heteroatoms. The van der Waals surface area contributed by atoms with Crippen molar-refractivity contribution in [3.05, 3.63) is 65.0 Å². The van der Waals surface area contributed by atoms with Crippen LogP contribution >= 0.6 is 0 Å². The Labute approximate surface area is 229 Å². The molecule has 0 bridgehead atoms. The van der Waals surface area contributed by atoms with E-state index in [1.165, 1.54) is 0 Å². The van der Waals surface area contributed by atoms with Crippen LogP contribution in [0.3, 0.4) is 0 Å². The van der Waals surface area contributed by atoms with Crippen LogP contribution in [-0.2, 0) is 31.8 Å². The quantitative estimate of drug-likeness (QED) is 0.234. The van der Waals surface area contributed by atoms with E-state index in [-0.39, 0.29) is 37.5 Å². The molecular weight excluding hydrogens is 536 g/mol. The summed E-state index contributed by atoms with van der Waals surface area (Å²) in [5.74, 6) is -1.67. The van der Waals surface area contributed by atoms with Crippen LogP contribution in [0.2, 0.25) is 0 Å². The summed E-state index contributed by atoms with van der Waals surface area (Å²) in [5.41, 5.74) is -3.07. The molecule has 1 heterocycles. The third-order valence-electron chi connectivity index (χ3n) is 5.76. The average molecular weight is 569 g/mol. The number of aliphatic hydroxyl groups is 1. The molecule has 2 aromatic carbocycles. The maximum atomic E-state index is 13.8. The molecule has 2 N–H and O–H groups in total. The van der Waals surface area contributed by atoms with Gasteiger partial charge in [0.25, 0.3) is 5.91 Å². The molecule has 3 rings (SSSR count). The lowest BCUT2D eigenvalue weighted by Gasteiger charge is -2.24. The summed E-state index contributed by atoms with van der Waals surface area (Å²) in [5, 5.41) is 11.4. The Morgan fingerprint density at radius 3 is 2.45 bits per heavy atom. The zero-order valence-electron chi connectivity index (χ0n) is 22.4. The van der Waals surface area contributed by atoms with Crippen LogP contribution in [0.5, 0.6) is 5.75 Å². The van der Waals surface area contributed by atoms with Gasteiger partial charge in [-0.25, -0.2) is 9.38 Å². The first-order valence-electron chi connectivity index (χ1n) is 12.6. The molecule has 8 nitrogen and oxygen atoms in total. The summed E-state index contributed by atoms with van der Waals surface area (Å²) >= 11 is 0. The van der Waals surface area contributed by atoms with Gasteiger partial charge in [0.2, 0.25) is 5.90 Å². The van der Waals surface area contributed by atoms with E-state index in [2.05, 4.69) is 10.3 Å². The van der Waals surface area contributed by atoms with E-state index in [1.807, 2.05) is 0 Å². The Balaban J connectivity index is 1.81. The highest BCUT2D eigenvalue weighted by Gasteiger charge is 2.45. The molecule has 2 aromatic rings. The van der Waals surface area contributed by atoms with Crippen molar-refractivity contribution in [2.24, 2.45) is 4.99 Å². The van der Waals surface area contributed by atoms with Crippen molar-refractivity contribution in [2.75, 3.05) is 19.8 Å². The van der Waals surface area contributed by atoms with Gasteiger partial charge in [0.15, 0.2) is 5.54 Å². The van der Waals surface area contributed by atoms with Gasteiger partial charge < -0.3 is 24.6 Å². The van der Waals surface area contributed by atoms with Crippen LogP contribution < -0.4 is 10.1 Å². The molecule has 0 aliphatic carbocycles. The first-order chi connectivity index (χ1) is 18.7. The number of aliphatic hydroxyl groups excluding tert-OH is 1. The van der Waals surface area contributed by atoms with Crippen molar-refractivity contribution in [2.45, 2.75) is 63.9 Å². The smallest absolute Gasteiger partial charge is 0.416 e. The number of rotatable bonds is 11. The number of hydrogen-bond donors (Lipinski definition) is 2. The average Bonchev–Trinajstić information content (AvgIpc) is 3.31. The number of hydrogen-bond acceptors (Lipinski definition) is 7. The molecule has 0 aromatic heterocycles. The summed E-state index contributed by atoms with van der Waals surface area (Å²) in [6.45, 7) is 4.80. The number of carbonyl (C=O) groups excluding carboxylic acids is 2. The second-order valence-corrected chi connectivity index (χ2v) is 10.3. The lowest BCUT2D eigenvalue weighted by Crippen LogP contribution is -2.47.